The zero-order valence-electron chi connectivity index (χ0n) is 10.9. The lowest BCUT2D eigenvalue weighted by atomic mass is 10.1. The third kappa shape index (κ3) is 2.27. The predicted octanol–water partition coefficient (Wildman–Crippen LogP) is 2.61. The van der Waals surface area contributed by atoms with Crippen LogP contribution in [0.2, 0.25) is 0 Å². The van der Waals surface area contributed by atoms with Gasteiger partial charge in [0.05, 0.1) is 27.2 Å². The summed E-state index contributed by atoms with van der Waals surface area (Å²) < 4.78 is 1.86. The van der Waals surface area contributed by atoms with Crippen molar-refractivity contribution in [2.45, 2.75) is 19.4 Å². The van der Waals surface area contributed by atoms with Crippen molar-refractivity contribution in [3.05, 3.63) is 46.0 Å². The van der Waals surface area contributed by atoms with Crippen LogP contribution in [-0.4, -0.2) is 19.9 Å². The first-order chi connectivity index (χ1) is 9.15. The average Bonchev–Trinajstić information content (AvgIpc) is 2.96. The molecule has 1 unspecified atom stereocenters. The number of aliphatic hydroxyl groups is 1. The Morgan fingerprint density at radius 3 is 2.89 bits per heavy atom. The van der Waals surface area contributed by atoms with Crippen molar-refractivity contribution in [3.8, 4) is 0 Å². The molecule has 0 fully saturated rings. The molecule has 0 aliphatic carbocycles. The van der Waals surface area contributed by atoms with E-state index in [1.165, 1.54) is 11.3 Å². The predicted molar refractivity (Wildman–Crippen MR) is 76.2 cm³/mol. The third-order valence-corrected chi connectivity index (χ3v) is 4.20. The van der Waals surface area contributed by atoms with Gasteiger partial charge in [-0.1, -0.05) is 18.2 Å². The van der Waals surface area contributed by atoms with Crippen molar-refractivity contribution in [2.24, 2.45) is 7.05 Å². The van der Waals surface area contributed by atoms with Crippen LogP contribution in [0, 0.1) is 6.92 Å². The summed E-state index contributed by atoms with van der Waals surface area (Å²) in [5, 5.41) is 16.9. The standard InChI is InChI=1S/C14H15N3OS/c1-9-15-8-14(19-9)13(18)7-11-10-5-3-4-6-12(10)17(2)16-11/h3-6,8,13,18H,7H2,1-2H3. The molecular formula is C14H15N3OS. The van der Waals surface area contributed by atoms with Crippen molar-refractivity contribution in [1.82, 2.24) is 14.8 Å². The van der Waals surface area contributed by atoms with E-state index in [-0.39, 0.29) is 0 Å². The zero-order valence-corrected chi connectivity index (χ0v) is 11.7. The number of thiazole rings is 1. The van der Waals surface area contributed by atoms with E-state index in [4.69, 9.17) is 0 Å². The van der Waals surface area contributed by atoms with Gasteiger partial charge < -0.3 is 5.11 Å². The van der Waals surface area contributed by atoms with Gasteiger partial charge in [-0.25, -0.2) is 4.98 Å². The highest BCUT2D eigenvalue weighted by atomic mass is 32.1. The van der Waals surface area contributed by atoms with E-state index in [1.54, 1.807) is 6.20 Å². The molecule has 2 aromatic heterocycles. The second kappa shape index (κ2) is 4.75. The summed E-state index contributed by atoms with van der Waals surface area (Å²) in [6, 6.07) is 8.07. The van der Waals surface area contributed by atoms with Gasteiger partial charge in [0.1, 0.15) is 0 Å². The van der Waals surface area contributed by atoms with Gasteiger partial charge in [-0.2, -0.15) is 5.10 Å². The van der Waals surface area contributed by atoms with Crippen LogP contribution in [-0.2, 0) is 13.5 Å². The van der Waals surface area contributed by atoms with Gasteiger partial charge >= 0.3 is 0 Å². The van der Waals surface area contributed by atoms with Gasteiger partial charge in [-0.15, -0.1) is 11.3 Å². The topological polar surface area (TPSA) is 50.9 Å². The minimum absolute atomic E-state index is 0.517. The van der Waals surface area contributed by atoms with Gasteiger partial charge in [0.25, 0.3) is 0 Å². The van der Waals surface area contributed by atoms with E-state index in [1.807, 2.05) is 42.9 Å². The number of hydrogen-bond acceptors (Lipinski definition) is 4. The molecule has 98 valence electrons. The summed E-state index contributed by atoms with van der Waals surface area (Å²) in [7, 11) is 1.93. The van der Waals surface area contributed by atoms with Crippen molar-refractivity contribution in [3.63, 3.8) is 0 Å². The van der Waals surface area contributed by atoms with Crippen LogP contribution in [0.1, 0.15) is 21.7 Å². The van der Waals surface area contributed by atoms with Crippen molar-refractivity contribution >= 4 is 22.2 Å². The van der Waals surface area contributed by atoms with Crippen LogP contribution in [0.15, 0.2) is 30.5 Å². The normalized spacial score (nSPS) is 13.0. The number of benzene rings is 1. The molecule has 0 bridgehead atoms. The van der Waals surface area contributed by atoms with Crippen LogP contribution in [0.4, 0.5) is 0 Å². The van der Waals surface area contributed by atoms with E-state index in [2.05, 4.69) is 10.1 Å². The molecule has 1 N–H and O–H groups in total. The Balaban J connectivity index is 1.93. The molecule has 0 amide bonds. The van der Waals surface area contributed by atoms with E-state index < -0.39 is 6.10 Å². The van der Waals surface area contributed by atoms with Crippen LogP contribution in [0.3, 0.4) is 0 Å². The van der Waals surface area contributed by atoms with Gasteiger partial charge in [0.2, 0.25) is 0 Å². The lowest BCUT2D eigenvalue weighted by molar-refractivity contribution is 0.181. The molecule has 1 aromatic carbocycles. The number of hydrogen-bond donors (Lipinski definition) is 1. The van der Waals surface area contributed by atoms with Crippen LogP contribution in [0.5, 0.6) is 0 Å². The molecule has 0 saturated heterocycles. The first-order valence-corrected chi connectivity index (χ1v) is 6.98. The quantitative estimate of drug-likeness (QED) is 0.798. The summed E-state index contributed by atoms with van der Waals surface area (Å²) in [5.74, 6) is 0. The lowest BCUT2D eigenvalue weighted by Gasteiger charge is -2.05. The van der Waals surface area contributed by atoms with Crippen molar-refractivity contribution in [1.29, 1.82) is 0 Å². The highest BCUT2D eigenvalue weighted by molar-refractivity contribution is 7.11. The van der Waals surface area contributed by atoms with Gasteiger partial charge in [0.15, 0.2) is 0 Å². The van der Waals surface area contributed by atoms with Crippen LogP contribution < -0.4 is 0 Å². The molecule has 3 rings (SSSR count). The fourth-order valence-corrected chi connectivity index (χ4v) is 3.03. The number of fused-ring (bicyclic) bond motifs is 1. The van der Waals surface area contributed by atoms with E-state index in [9.17, 15) is 5.11 Å². The second-order valence-electron chi connectivity index (χ2n) is 4.59. The summed E-state index contributed by atoms with van der Waals surface area (Å²) in [4.78, 5) is 5.08. The van der Waals surface area contributed by atoms with Crippen molar-refractivity contribution < 1.29 is 5.11 Å². The Hall–Kier alpha value is -1.72. The molecule has 19 heavy (non-hydrogen) atoms. The maximum absolute atomic E-state index is 10.3. The molecule has 4 nitrogen and oxygen atoms in total. The minimum Gasteiger partial charge on any atom is -0.387 e. The van der Waals surface area contributed by atoms with E-state index >= 15 is 0 Å². The van der Waals surface area contributed by atoms with Crippen LogP contribution in [0.25, 0.3) is 10.9 Å². The Kier molecular flexibility index (Phi) is 3.08. The van der Waals surface area contributed by atoms with Gasteiger partial charge in [-0.3, -0.25) is 4.68 Å². The number of rotatable bonds is 3. The first kappa shape index (κ1) is 12.3. The number of aromatic nitrogens is 3. The summed E-state index contributed by atoms with van der Waals surface area (Å²) in [6.45, 7) is 1.94. The largest absolute Gasteiger partial charge is 0.387 e. The van der Waals surface area contributed by atoms with Crippen molar-refractivity contribution in [2.75, 3.05) is 0 Å². The molecule has 5 heteroatoms. The first-order valence-electron chi connectivity index (χ1n) is 6.16. The summed E-state index contributed by atoms with van der Waals surface area (Å²) in [6.07, 6.45) is 1.73. The zero-order chi connectivity index (χ0) is 13.4. The average molecular weight is 273 g/mol. The smallest absolute Gasteiger partial charge is 0.0954 e. The Morgan fingerprint density at radius 2 is 2.16 bits per heavy atom. The minimum atomic E-state index is -0.537. The highest BCUT2D eigenvalue weighted by Crippen LogP contribution is 2.26. The third-order valence-electron chi connectivity index (χ3n) is 3.19. The van der Waals surface area contributed by atoms with E-state index in [0.29, 0.717) is 6.42 Å². The Labute approximate surface area is 115 Å². The van der Waals surface area contributed by atoms with E-state index in [0.717, 1.165) is 26.5 Å². The maximum atomic E-state index is 10.3. The number of nitrogens with zero attached hydrogens (tertiary/aromatic N) is 3. The molecule has 3 aromatic rings. The summed E-state index contributed by atoms with van der Waals surface area (Å²) >= 11 is 1.53. The molecule has 0 radical (unpaired) electrons. The monoisotopic (exact) mass is 273 g/mol. The molecule has 1 atom stereocenters. The van der Waals surface area contributed by atoms with Crippen LogP contribution >= 0.6 is 11.3 Å². The Bertz CT molecular complexity index is 716. The summed E-state index contributed by atoms with van der Waals surface area (Å²) in [5.41, 5.74) is 2.02. The number of aliphatic hydroxyl groups excluding tert-OH is 1. The molecule has 2 heterocycles. The molecule has 0 aliphatic rings. The fourth-order valence-electron chi connectivity index (χ4n) is 2.26. The SMILES string of the molecule is Cc1ncc(C(O)Cc2nn(C)c3ccccc23)s1. The number of aryl methyl sites for hydroxylation is 2. The maximum Gasteiger partial charge on any atom is 0.0954 e. The van der Waals surface area contributed by atoms with Gasteiger partial charge in [-0.05, 0) is 13.0 Å². The second-order valence-corrected chi connectivity index (χ2v) is 5.86. The highest BCUT2D eigenvalue weighted by Gasteiger charge is 2.16. The molecular weight excluding hydrogens is 258 g/mol. The molecule has 0 spiro atoms. The number of para-hydroxylation sites is 1. The molecule has 0 saturated carbocycles. The Morgan fingerprint density at radius 1 is 1.37 bits per heavy atom. The molecule has 0 aliphatic heterocycles. The lowest BCUT2D eigenvalue weighted by Crippen LogP contribution is -2.01. The fraction of sp³-hybridized carbons (Fsp3) is 0.286. The van der Waals surface area contributed by atoms with Gasteiger partial charge in [0, 0.05) is 25.1 Å².